The summed E-state index contributed by atoms with van der Waals surface area (Å²) in [4.78, 5) is 26.0. The fourth-order valence-electron chi connectivity index (χ4n) is 3.89. The average Bonchev–Trinajstić information content (AvgIpc) is 2.75. The van der Waals surface area contributed by atoms with Crippen LogP contribution in [0.1, 0.15) is 55.3 Å². The van der Waals surface area contributed by atoms with Gasteiger partial charge in [-0.15, -0.1) is 0 Å². The third kappa shape index (κ3) is 6.60. The van der Waals surface area contributed by atoms with Gasteiger partial charge in [0.15, 0.2) is 0 Å². The molecule has 3 rings (SSSR count). The van der Waals surface area contributed by atoms with Crippen molar-refractivity contribution in [3.63, 3.8) is 0 Å². The molecule has 0 atom stereocenters. The van der Waals surface area contributed by atoms with Crippen LogP contribution in [0.3, 0.4) is 0 Å². The monoisotopic (exact) mass is 400 g/mol. The second-order valence-corrected chi connectivity index (χ2v) is 7.77. The number of allylic oxidation sites excluding steroid dienone is 1. The zero-order chi connectivity index (χ0) is 20.5. The van der Waals surface area contributed by atoms with Gasteiger partial charge in [0.2, 0.25) is 5.91 Å². The highest BCUT2D eigenvalue weighted by Crippen LogP contribution is 2.21. The first-order valence-corrected chi connectivity index (χ1v) is 10.7. The SMILES string of the molecule is COCC(=O)N1CCC(Oc2ccc(C(=O)NCCC3=CCCCC3)cc2)CC1. The number of nitrogens with zero attached hydrogens (tertiary/aromatic N) is 1. The van der Waals surface area contributed by atoms with Gasteiger partial charge < -0.3 is 19.7 Å². The topological polar surface area (TPSA) is 67.9 Å². The van der Waals surface area contributed by atoms with E-state index in [0.717, 1.165) is 25.0 Å². The summed E-state index contributed by atoms with van der Waals surface area (Å²) >= 11 is 0. The maximum atomic E-state index is 12.3. The molecule has 1 aromatic carbocycles. The molecule has 1 aromatic rings. The molecule has 6 nitrogen and oxygen atoms in total. The largest absolute Gasteiger partial charge is 0.490 e. The van der Waals surface area contributed by atoms with Gasteiger partial charge in [0.25, 0.3) is 5.91 Å². The number of hydrogen-bond acceptors (Lipinski definition) is 4. The lowest BCUT2D eigenvalue weighted by molar-refractivity contribution is -0.136. The number of carbonyl (C=O) groups is 2. The normalized spacial score (nSPS) is 17.6. The summed E-state index contributed by atoms with van der Waals surface area (Å²) in [6.07, 6.45) is 9.84. The molecular formula is C23H32N2O4. The summed E-state index contributed by atoms with van der Waals surface area (Å²) in [6.45, 7) is 2.18. The van der Waals surface area contributed by atoms with E-state index in [1.165, 1.54) is 38.4 Å². The van der Waals surface area contributed by atoms with Gasteiger partial charge in [-0.2, -0.15) is 0 Å². The lowest BCUT2D eigenvalue weighted by Gasteiger charge is -2.32. The van der Waals surface area contributed by atoms with Crippen molar-refractivity contribution in [3.8, 4) is 5.75 Å². The van der Waals surface area contributed by atoms with Crippen molar-refractivity contribution >= 4 is 11.8 Å². The first-order chi connectivity index (χ1) is 14.2. The predicted octanol–water partition coefficient (Wildman–Crippen LogP) is 3.32. The van der Waals surface area contributed by atoms with Gasteiger partial charge in [0.05, 0.1) is 0 Å². The lowest BCUT2D eigenvalue weighted by Crippen LogP contribution is -2.43. The van der Waals surface area contributed by atoms with E-state index in [1.54, 1.807) is 0 Å². The number of rotatable bonds is 8. The molecule has 1 aliphatic heterocycles. The third-order valence-corrected chi connectivity index (χ3v) is 5.60. The molecule has 0 spiro atoms. The van der Waals surface area contributed by atoms with Gasteiger partial charge in [-0.25, -0.2) is 0 Å². The van der Waals surface area contributed by atoms with Crippen molar-refractivity contribution in [3.05, 3.63) is 41.5 Å². The van der Waals surface area contributed by atoms with Crippen LogP contribution in [0.5, 0.6) is 5.75 Å². The highest BCUT2D eigenvalue weighted by atomic mass is 16.5. The molecule has 1 N–H and O–H groups in total. The predicted molar refractivity (Wildman–Crippen MR) is 112 cm³/mol. The Morgan fingerprint density at radius 1 is 1.14 bits per heavy atom. The molecule has 29 heavy (non-hydrogen) atoms. The average molecular weight is 401 g/mol. The highest BCUT2D eigenvalue weighted by molar-refractivity contribution is 5.94. The number of methoxy groups -OCH3 is 1. The van der Waals surface area contributed by atoms with Crippen LogP contribution in [0.25, 0.3) is 0 Å². The first-order valence-electron chi connectivity index (χ1n) is 10.7. The Morgan fingerprint density at radius 3 is 2.55 bits per heavy atom. The van der Waals surface area contributed by atoms with E-state index in [9.17, 15) is 9.59 Å². The number of hydrogen-bond donors (Lipinski definition) is 1. The van der Waals surface area contributed by atoms with Crippen molar-refractivity contribution in [1.82, 2.24) is 10.2 Å². The van der Waals surface area contributed by atoms with Gasteiger partial charge in [0.1, 0.15) is 18.5 Å². The minimum absolute atomic E-state index is 0.0288. The van der Waals surface area contributed by atoms with Crippen molar-refractivity contribution < 1.29 is 19.1 Å². The highest BCUT2D eigenvalue weighted by Gasteiger charge is 2.23. The quantitative estimate of drug-likeness (QED) is 0.680. The Morgan fingerprint density at radius 2 is 1.90 bits per heavy atom. The second kappa shape index (κ2) is 11.0. The number of carbonyl (C=O) groups excluding carboxylic acids is 2. The standard InChI is InChI=1S/C23H32N2O4/c1-28-17-22(26)25-15-12-21(13-16-25)29-20-9-7-19(8-10-20)23(27)24-14-11-18-5-3-2-4-6-18/h5,7-10,21H,2-4,6,11-17H2,1H3,(H,24,27). The maximum absolute atomic E-state index is 12.3. The smallest absolute Gasteiger partial charge is 0.251 e. The second-order valence-electron chi connectivity index (χ2n) is 7.77. The van der Waals surface area contributed by atoms with Gasteiger partial charge in [0, 0.05) is 45.1 Å². The molecule has 0 unspecified atom stereocenters. The Bertz CT molecular complexity index is 706. The fraction of sp³-hybridized carbons (Fsp3) is 0.565. The Kier molecular flexibility index (Phi) is 8.11. The van der Waals surface area contributed by atoms with Gasteiger partial charge in [-0.05, 0) is 56.4 Å². The lowest BCUT2D eigenvalue weighted by atomic mass is 9.97. The Labute approximate surface area is 173 Å². The molecule has 0 bridgehead atoms. The molecule has 6 heteroatoms. The molecular weight excluding hydrogens is 368 g/mol. The molecule has 158 valence electrons. The van der Waals surface area contributed by atoms with E-state index in [1.807, 2.05) is 29.2 Å². The van der Waals surface area contributed by atoms with Gasteiger partial charge in [-0.3, -0.25) is 9.59 Å². The molecule has 1 aliphatic carbocycles. The molecule has 0 aromatic heterocycles. The van der Waals surface area contributed by atoms with E-state index in [4.69, 9.17) is 9.47 Å². The van der Waals surface area contributed by atoms with Crippen molar-refractivity contribution in [2.24, 2.45) is 0 Å². The van der Waals surface area contributed by atoms with Gasteiger partial charge in [-0.1, -0.05) is 11.6 Å². The first kappa shape index (κ1) is 21.4. The molecule has 1 heterocycles. The van der Waals surface area contributed by atoms with Crippen LogP contribution >= 0.6 is 0 Å². The van der Waals surface area contributed by atoms with E-state index in [2.05, 4.69) is 11.4 Å². The third-order valence-electron chi connectivity index (χ3n) is 5.60. The van der Waals surface area contributed by atoms with E-state index < -0.39 is 0 Å². The number of ether oxygens (including phenoxy) is 2. The van der Waals surface area contributed by atoms with Crippen molar-refractivity contribution in [1.29, 1.82) is 0 Å². The van der Waals surface area contributed by atoms with Crippen molar-refractivity contribution in [2.75, 3.05) is 33.4 Å². The summed E-state index contributed by atoms with van der Waals surface area (Å²) < 4.78 is 10.9. The number of benzene rings is 1. The molecule has 1 saturated heterocycles. The summed E-state index contributed by atoms with van der Waals surface area (Å²) in [5, 5.41) is 3.00. The zero-order valence-electron chi connectivity index (χ0n) is 17.3. The van der Waals surface area contributed by atoms with Crippen LogP contribution in [-0.2, 0) is 9.53 Å². The zero-order valence-corrected chi connectivity index (χ0v) is 17.3. The number of amides is 2. The van der Waals surface area contributed by atoms with Gasteiger partial charge >= 0.3 is 0 Å². The van der Waals surface area contributed by atoms with E-state index >= 15 is 0 Å². The van der Waals surface area contributed by atoms with Crippen LogP contribution in [0, 0.1) is 0 Å². The number of piperidine rings is 1. The van der Waals surface area contributed by atoms with Crippen LogP contribution in [0.2, 0.25) is 0 Å². The fourth-order valence-corrected chi connectivity index (χ4v) is 3.89. The van der Waals surface area contributed by atoms with E-state index in [-0.39, 0.29) is 24.5 Å². The summed E-state index contributed by atoms with van der Waals surface area (Å²) in [5.74, 6) is 0.745. The molecule has 2 amide bonds. The Hall–Kier alpha value is -2.34. The minimum Gasteiger partial charge on any atom is -0.490 e. The van der Waals surface area contributed by atoms with Crippen LogP contribution < -0.4 is 10.1 Å². The summed E-state index contributed by atoms with van der Waals surface area (Å²) in [7, 11) is 1.53. The van der Waals surface area contributed by atoms with Crippen molar-refractivity contribution in [2.45, 2.75) is 51.0 Å². The van der Waals surface area contributed by atoms with Crippen LogP contribution in [-0.4, -0.2) is 56.2 Å². The number of nitrogens with one attached hydrogen (secondary N) is 1. The summed E-state index contributed by atoms with van der Waals surface area (Å²) in [6, 6.07) is 7.31. The number of likely N-dealkylation sites (tertiary alicyclic amines) is 1. The maximum Gasteiger partial charge on any atom is 0.251 e. The van der Waals surface area contributed by atoms with E-state index in [0.29, 0.717) is 25.2 Å². The summed E-state index contributed by atoms with van der Waals surface area (Å²) in [5.41, 5.74) is 2.12. The molecule has 2 aliphatic rings. The minimum atomic E-state index is -0.0436. The molecule has 1 fully saturated rings. The molecule has 0 saturated carbocycles. The van der Waals surface area contributed by atoms with Crippen LogP contribution in [0.4, 0.5) is 0 Å². The van der Waals surface area contributed by atoms with Crippen LogP contribution in [0.15, 0.2) is 35.9 Å². The molecule has 0 radical (unpaired) electrons. The Balaban J connectivity index is 1.40.